The fourth-order valence-corrected chi connectivity index (χ4v) is 2.95. The van der Waals surface area contributed by atoms with Gasteiger partial charge in [-0.3, -0.25) is 9.78 Å². The lowest BCUT2D eigenvalue weighted by Crippen LogP contribution is -2.36. The van der Waals surface area contributed by atoms with Crippen LogP contribution >= 0.6 is 0 Å². The zero-order valence-electron chi connectivity index (χ0n) is 13.5. The van der Waals surface area contributed by atoms with Gasteiger partial charge in [-0.05, 0) is 48.6 Å². The molecule has 5 heteroatoms. The van der Waals surface area contributed by atoms with Gasteiger partial charge in [-0.2, -0.15) is 0 Å². The van der Waals surface area contributed by atoms with Crippen LogP contribution in [0.15, 0.2) is 48.8 Å². The SMILES string of the molecule is O=C(NCC1CCCO1)C(Cc1cccnc1)c1ccc(F)cc1. The van der Waals surface area contributed by atoms with Gasteiger partial charge in [-0.1, -0.05) is 18.2 Å². The second-order valence-electron chi connectivity index (χ2n) is 6.05. The van der Waals surface area contributed by atoms with Crippen molar-refractivity contribution in [1.29, 1.82) is 0 Å². The van der Waals surface area contributed by atoms with E-state index in [0.29, 0.717) is 13.0 Å². The van der Waals surface area contributed by atoms with Crippen LogP contribution < -0.4 is 5.32 Å². The molecule has 3 rings (SSSR count). The van der Waals surface area contributed by atoms with Crippen molar-refractivity contribution in [1.82, 2.24) is 10.3 Å². The summed E-state index contributed by atoms with van der Waals surface area (Å²) in [7, 11) is 0. The van der Waals surface area contributed by atoms with E-state index in [1.54, 1.807) is 24.5 Å². The van der Waals surface area contributed by atoms with Crippen LogP contribution in [0.1, 0.15) is 29.9 Å². The van der Waals surface area contributed by atoms with Crippen LogP contribution in [-0.2, 0) is 16.0 Å². The quantitative estimate of drug-likeness (QED) is 0.887. The smallest absolute Gasteiger partial charge is 0.227 e. The molecule has 0 aliphatic carbocycles. The first kappa shape index (κ1) is 16.6. The van der Waals surface area contributed by atoms with Crippen molar-refractivity contribution in [2.75, 3.05) is 13.2 Å². The average molecular weight is 328 g/mol. The molecule has 1 aliphatic rings. The van der Waals surface area contributed by atoms with Crippen molar-refractivity contribution < 1.29 is 13.9 Å². The summed E-state index contributed by atoms with van der Waals surface area (Å²) in [5.74, 6) is -0.754. The van der Waals surface area contributed by atoms with E-state index < -0.39 is 0 Å². The summed E-state index contributed by atoms with van der Waals surface area (Å²) in [5.41, 5.74) is 1.77. The maximum atomic E-state index is 13.2. The Bertz CT molecular complexity index is 655. The number of amides is 1. The molecule has 0 radical (unpaired) electrons. The van der Waals surface area contributed by atoms with E-state index in [1.165, 1.54) is 12.1 Å². The third-order valence-corrected chi connectivity index (χ3v) is 4.28. The molecule has 0 bridgehead atoms. The van der Waals surface area contributed by atoms with E-state index in [4.69, 9.17) is 4.74 Å². The second-order valence-corrected chi connectivity index (χ2v) is 6.05. The molecule has 4 nitrogen and oxygen atoms in total. The van der Waals surface area contributed by atoms with Gasteiger partial charge >= 0.3 is 0 Å². The van der Waals surface area contributed by atoms with Gasteiger partial charge in [0, 0.05) is 25.5 Å². The molecule has 2 aromatic rings. The summed E-state index contributed by atoms with van der Waals surface area (Å²) < 4.78 is 18.8. The van der Waals surface area contributed by atoms with E-state index in [1.807, 2.05) is 12.1 Å². The maximum absolute atomic E-state index is 13.2. The minimum Gasteiger partial charge on any atom is -0.376 e. The molecule has 1 saturated heterocycles. The summed E-state index contributed by atoms with van der Waals surface area (Å²) in [4.78, 5) is 16.8. The Morgan fingerprint density at radius 2 is 2.17 bits per heavy atom. The molecule has 2 atom stereocenters. The number of hydrogen-bond donors (Lipinski definition) is 1. The third kappa shape index (κ3) is 4.38. The first-order chi connectivity index (χ1) is 11.7. The lowest BCUT2D eigenvalue weighted by atomic mass is 9.91. The Kier molecular flexibility index (Phi) is 5.54. The van der Waals surface area contributed by atoms with Gasteiger partial charge in [-0.25, -0.2) is 4.39 Å². The molecule has 1 fully saturated rings. The van der Waals surface area contributed by atoms with Crippen molar-refractivity contribution in [3.8, 4) is 0 Å². The number of carbonyl (C=O) groups excluding carboxylic acids is 1. The number of nitrogens with zero attached hydrogens (tertiary/aromatic N) is 1. The normalized spacial score (nSPS) is 18.3. The van der Waals surface area contributed by atoms with Crippen molar-refractivity contribution in [3.05, 3.63) is 65.7 Å². The van der Waals surface area contributed by atoms with Gasteiger partial charge < -0.3 is 10.1 Å². The van der Waals surface area contributed by atoms with Crippen LogP contribution in [0.4, 0.5) is 4.39 Å². The Morgan fingerprint density at radius 1 is 1.33 bits per heavy atom. The number of nitrogens with one attached hydrogen (secondary N) is 1. The molecule has 1 amide bonds. The number of hydrogen-bond acceptors (Lipinski definition) is 3. The first-order valence-corrected chi connectivity index (χ1v) is 8.26. The topological polar surface area (TPSA) is 51.2 Å². The molecule has 126 valence electrons. The summed E-state index contributed by atoms with van der Waals surface area (Å²) in [6.07, 6.45) is 6.09. The zero-order chi connectivity index (χ0) is 16.8. The van der Waals surface area contributed by atoms with Crippen molar-refractivity contribution in [2.24, 2.45) is 0 Å². The van der Waals surface area contributed by atoms with Crippen LogP contribution in [0.25, 0.3) is 0 Å². The molecule has 0 saturated carbocycles. The summed E-state index contributed by atoms with van der Waals surface area (Å²) >= 11 is 0. The van der Waals surface area contributed by atoms with Gasteiger partial charge in [0.15, 0.2) is 0 Å². The maximum Gasteiger partial charge on any atom is 0.227 e. The molecular formula is C19H21FN2O2. The molecule has 24 heavy (non-hydrogen) atoms. The monoisotopic (exact) mass is 328 g/mol. The first-order valence-electron chi connectivity index (χ1n) is 8.26. The van der Waals surface area contributed by atoms with Gasteiger partial charge in [0.1, 0.15) is 5.82 Å². The number of ether oxygens (including phenoxy) is 1. The molecule has 1 aromatic heterocycles. The highest BCUT2D eigenvalue weighted by Gasteiger charge is 2.23. The number of halogens is 1. The zero-order valence-corrected chi connectivity index (χ0v) is 13.5. The second kappa shape index (κ2) is 8.02. The summed E-state index contributed by atoms with van der Waals surface area (Å²) in [6.45, 7) is 1.28. The average Bonchev–Trinajstić information content (AvgIpc) is 3.13. The minimum absolute atomic E-state index is 0.0686. The van der Waals surface area contributed by atoms with Crippen molar-refractivity contribution in [2.45, 2.75) is 31.3 Å². The van der Waals surface area contributed by atoms with Gasteiger partial charge in [0.25, 0.3) is 0 Å². The highest BCUT2D eigenvalue weighted by atomic mass is 19.1. The molecule has 2 heterocycles. The van der Waals surface area contributed by atoms with Gasteiger partial charge in [0.2, 0.25) is 5.91 Å². The number of carbonyl (C=O) groups is 1. The number of pyridine rings is 1. The van der Waals surface area contributed by atoms with Crippen LogP contribution in [0.3, 0.4) is 0 Å². The van der Waals surface area contributed by atoms with E-state index >= 15 is 0 Å². The van der Waals surface area contributed by atoms with Gasteiger partial charge in [0.05, 0.1) is 12.0 Å². The Morgan fingerprint density at radius 3 is 2.83 bits per heavy atom. The standard InChI is InChI=1S/C19H21FN2O2/c20-16-7-5-15(6-8-16)18(11-14-3-1-9-21-12-14)19(23)22-13-17-4-2-10-24-17/h1,3,5-9,12,17-18H,2,4,10-11,13H2,(H,22,23). The largest absolute Gasteiger partial charge is 0.376 e. The molecule has 1 N–H and O–H groups in total. The molecule has 2 unspecified atom stereocenters. The number of benzene rings is 1. The van der Waals surface area contributed by atoms with E-state index in [2.05, 4.69) is 10.3 Å². The van der Waals surface area contributed by atoms with Crippen LogP contribution in [0.2, 0.25) is 0 Å². The molecule has 1 aromatic carbocycles. The predicted molar refractivity (Wildman–Crippen MR) is 89.1 cm³/mol. The lowest BCUT2D eigenvalue weighted by Gasteiger charge is -2.19. The van der Waals surface area contributed by atoms with Gasteiger partial charge in [-0.15, -0.1) is 0 Å². The minimum atomic E-state index is -0.379. The number of aromatic nitrogens is 1. The fraction of sp³-hybridized carbons (Fsp3) is 0.368. The highest BCUT2D eigenvalue weighted by Crippen LogP contribution is 2.22. The third-order valence-electron chi connectivity index (χ3n) is 4.28. The van der Waals surface area contributed by atoms with E-state index in [0.717, 1.165) is 30.6 Å². The molecule has 0 spiro atoms. The molecule has 1 aliphatic heterocycles. The Hall–Kier alpha value is -2.27. The highest BCUT2D eigenvalue weighted by molar-refractivity contribution is 5.84. The summed E-state index contributed by atoms with van der Waals surface area (Å²) in [6, 6.07) is 9.90. The van der Waals surface area contributed by atoms with Crippen LogP contribution in [0.5, 0.6) is 0 Å². The van der Waals surface area contributed by atoms with E-state index in [-0.39, 0.29) is 23.7 Å². The number of rotatable bonds is 6. The van der Waals surface area contributed by atoms with Crippen molar-refractivity contribution in [3.63, 3.8) is 0 Å². The Balaban J connectivity index is 1.72. The van der Waals surface area contributed by atoms with Crippen molar-refractivity contribution >= 4 is 5.91 Å². The predicted octanol–water partition coefficient (Wildman–Crippen LogP) is 2.84. The lowest BCUT2D eigenvalue weighted by molar-refractivity contribution is -0.123. The molecular weight excluding hydrogens is 307 g/mol. The summed E-state index contributed by atoms with van der Waals surface area (Å²) in [5, 5.41) is 2.98. The Labute approximate surface area is 141 Å². The van der Waals surface area contributed by atoms with Crippen LogP contribution in [0, 0.1) is 5.82 Å². The van der Waals surface area contributed by atoms with Crippen LogP contribution in [-0.4, -0.2) is 30.1 Å². The fourth-order valence-electron chi connectivity index (χ4n) is 2.95. The van der Waals surface area contributed by atoms with E-state index in [9.17, 15) is 9.18 Å².